The number of amides is 1. The van der Waals surface area contributed by atoms with Crippen LogP contribution in [0.5, 0.6) is 0 Å². The lowest BCUT2D eigenvalue weighted by Crippen LogP contribution is -2.35. The van der Waals surface area contributed by atoms with Crippen LogP contribution in [-0.4, -0.2) is 46.5 Å². The van der Waals surface area contributed by atoms with Crippen molar-refractivity contribution in [2.24, 2.45) is 0 Å². The molecule has 9 heteroatoms. The Labute approximate surface area is 188 Å². The lowest BCUT2D eigenvalue weighted by Gasteiger charge is -2.25. The van der Waals surface area contributed by atoms with Crippen LogP contribution in [0.3, 0.4) is 0 Å². The van der Waals surface area contributed by atoms with Crippen LogP contribution in [0.4, 0.5) is 0 Å². The summed E-state index contributed by atoms with van der Waals surface area (Å²) in [4.78, 5) is 17.0. The molecule has 4 rings (SSSR count). The summed E-state index contributed by atoms with van der Waals surface area (Å²) in [6.07, 6.45) is 6.10. The number of aromatic nitrogens is 3. The molecular weight excluding hydrogens is 426 g/mol. The highest BCUT2D eigenvalue weighted by Gasteiger charge is 2.25. The van der Waals surface area contributed by atoms with Crippen LogP contribution in [0.25, 0.3) is 0 Å². The number of piperidine rings is 1. The van der Waals surface area contributed by atoms with E-state index in [0.29, 0.717) is 19.6 Å². The summed E-state index contributed by atoms with van der Waals surface area (Å²) in [6, 6.07) is 16.1. The summed E-state index contributed by atoms with van der Waals surface area (Å²) in [6.45, 7) is 1.60. The van der Waals surface area contributed by atoms with E-state index >= 15 is 0 Å². The van der Waals surface area contributed by atoms with Crippen molar-refractivity contribution >= 4 is 15.9 Å². The van der Waals surface area contributed by atoms with Gasteiger partial charge in [-0.3, -0.25) is 9.48 Å². The van der Waals surface area contributed by atoms with E-state index in [0.717, 1.165) is 30.4 Å². The van der Waals surface area contributed by atoms with Crippen molar-refractivity contribution in [3.05, 3.63) is 78.4 Å². The topological polar surface area (TPSA) is 97.2 Å². The van der Waals surface area contributed by atoms with Gasteiger partial charge in [-0.2, -0.15) is 9.40 Å². The fourth-order valence-corrected chi connectivity index (χ4v) is 5.42. The first-order valence-electron chi connectivity index (χ1n) is 10.8. The van der Waals surface area contributed by atoms with Gasteiger partial charge < -0.3 is 5.32 Å². The molecular formula is C23H27N5O3S. The van der Waals surface area contributed by atoms with Crippen molar-refractivity contribution in [3.8, 4) is 0 Å². The number of benzene rings is 2. The van der Waals surface area contributed by atoms with Crippen molar-refractivity contribution in [1.29, 1.82) is 0 Å². The molecule has 1 aliphatic heterocycles. The smallest absolute Gasteiger partial charge is 0.243 e. The number of carbonyl (C=O) groups excluding carboxylic acids is 1. The van der Waals surface area contributed by atoms with E-state index in [1.54, 1.807) is 39.6 Å². The Morgan fingerprint density at radius 2 is 1.72 bits per heavy atom. The van der Waals surface area contributed by atoms with Crippen LogP contribution < -0.4 is 5.32 Å². The number of nitrogens with zero attached hydrogens (tertiary/aromatic N) is 4. The van der Waals surface area contributed by atoms with Crippen LogP contribution in [0.15, 0.2) is 72.1 Å². The van der Waals surface area contributed by atoms with Crippen molar-refractivity contribution < 1.29 is 13.2 Å². The molecule has 0 spiro atoms. The molecule has 0 radical (unpaired) electrons. The molecule has 0 aliphatic carbocycles. The van der Waals surface area contributed by atoms with Gasteiger partial charge in [0.25, 0.3) is 0 Å². The maximum atomic E-state index is 12.8. The van der Waals surface area contributed by atoms with Crippen LogP contribution in [0.2, 0.25) is 0 Å². The number of hydrogen-bond donors (Lipinski definition) is 1. The number of nitrogens with one attached hydrogen (secondary N) is 1. The van der Waals surface area contributed by atoms with Gasteiger partial charge in [0.05, 0.1) is 23.9 Å². The zero-order valence-corrected chi connectivity index (χ0v) is 18.6. The highest BCUT2D eigenvalue weighted by atomic mass is 32.2. The highest BCUT2D eigenvalue weighted by Crippen LogP contribution is 2.21. The van der Waals surface area contributed by atoms with Gasteiger partial charge in [0.15, 0.2) is 0 Å². The predicted octanol–water partition coefficient (Wildman–Crippen LogP) is 2.55. The van der Waals surface area contributed by atoms with E-state index in [9.17, 15) is 13.2 Å². The van der Waals surface area contributed by atoms with E-state index in [1.165, 1.54) is 6.33 Å². The van der Waals surface area contributed by atoms with Gasteiger partial charge in [0, 0.05) is 13.1 Å². The Hall–Kier alpha value is -3.04. The van der Waals surface area contributed by atoms with E-state index in [4.69, 9.17) is 0 Å². The maximum absolute atomic E-state index is 12.8. The third-order valence-electron chi connectivity index (χ3n) is 5.61. The molecule has 2 heterocycles. The monoisotopic (exact) mass is 453 g/mol. The minimum Gasteiger partial charge on any atom is -0.347 e. The molecule has 1 unspecified atom stereocenters. The van der Waals surface area contributed by atoms with E-state index in [2.05, 4.69) is 15.4 Å². The Morgan fingerprint density at radius 1 is 1.00 bits per heavy atom. The van der Waals surface area contributed by atoms with Crippen LogP contribution in [0, 0.1) is 0 Å². The molecule has 1 saturated heterocycles. The predicted molar refractivity (Wildman–Crippen MR) is 120 cm³/mol. The van der Waals surface area contributed by atoms with Gasteiger partial charge in [-0.1, -0.05) is 48.9 Å². The average molecular weight is 454 g/mol. The van der Waals surface area contributed by atoms with Crippen LogP contribution in [0.1, 0.15) is 36.4 Å². The third kappa shape index (κ3) is 5.41. The molecule has 168 valence electrons. The Balaban J connectivity index is 1.42. The maximum Gasteiger partial charge on any atom is 0.243 e. The van der Waals surface area contributed by atoms with Gasteiger partial charge >= 0.3 is 0 Å². The zero-order valence-electron chi connectivity index (χ0n) is 17.8. The lowest BCUT2D eigenvalue weighted by molar-refractivity contribution is -0.121. The van der Waals surface area contributed by atoms with E-state index < -0.39 is 10.0 Å². The average Bonchev–Trinajstić information content (AvgIpc) is 3.33. The van der Waals surface area contributed by atoms with Crippen molar-refractivity contribution in [2.45, 2.75) is 43.2 Å². The molecule has 1 atom stereocenters. The molecule has 1 fully saturated rings. The van der Waals surface area contributed by atoms with Gasteiger partial charge in [-0.05, 0) is 36.1 Å². The second-order valence-corrected chi connectivity index (χ2v) is 9.87. The molecule has 0 saturated carbocycles. The summed E-state index contributed by atoms with van der Waals surface area (Å²) in [5, 5.41) is 7.20. The number of hydrogen-bond acceptors (Lipinski definition) is 5. The largest absolute Gasteiger partial charge is 0.347 e. The molecule has 1 aliphatic rings. The zero-order chi connectivity index (χ0) is 22.4. The third-order valence-corrected chi connectivity index (χ3v) is 7.53. The lowest BCUT2D eigenvalue weighted by atomic mass is 10.1. The summed E-state index contributed by atoms with van der Waals surface area (Å²) in [5.41, 5.74) is 1.73. The second-order valence-electron chi connectivity index (χ2n) is 7.93. The molecule has 1 amide bonds. The molecule has 0 bridgehead atoms. The minimum absolute atomic E-state index is 0.148. The first-order valence-corrected chi connectivity index (χ1v) is 12.2. The molecule has 32 heavy (non-hydrogen) atoms. The van der Waals surface area contributed by atoms with Crippen molar-refractivity contribution in [3.63, 3.8) is 0 Å². The second kappa shape index (κ2) is 10.1. The summed E-state index contributed by atoms with van der Waals surface area (Å²) < 4.78 is 28.8. The standard InChI is InChI=1S/C23H27N5O3S/c29-23(26-22(16-27-18-24-17-25-27)20-7-3-1-4-8-20)15-19-9-11-21(12-10-19)32(30,31)28-13-5-2-6-14-28/h1,3-4,7-12,17-18,22H,2,5-6,13-16H2,(H,26,29). The SMILES string of the molecule is O=C(Cc1ccc(S(=O)(=O)N2CCCCC2)cc1)NC(Cn1cncn1)c1ccccc1. The molecule has 1 N–H and O–H groups in total. The molecule has 3 aromatic rings. The van der Waals surface area contributed by atoms with E-state index in [-0.39, 0.29) is 23.3 Å². The summed E-state index contributed by atoms with van der Waals surface area (Å²) in [5.74, 6) is -0.148. The minimum atomic E-state index is -3.47. The van der Waals surface area contributed by atoms with Gasteiger partial charge in [0.1, 0.15) is 12.7 Å². The Bertz CT molecular complexity index is 1110. The number of rotatable bonds is 8. The first-order chi connectivity index (χ1) is 15.5. The fourth-order valence-electron chi connectivity index (χ4n) is 3.90. The first kappa shape index (κ1) is 22.2. The van der Waals surface area contributed by atoms with Gasteiger partial charge in [-0.25, -0.2) is 13.4 Å². The highest BCUT2D eigenvalue weighted by molar-refractivity contribution is 7.89. The summed E-state index contributed by atoms with van der Waals surface area (Å²) >= 11 is 0. The van der Waals surface area contributed by atoms with Gasteiger partial charge in [-0.15, -0.1) is 0 Å². The number of sulfonamides is 1. The van der Waals surface area contributed by atoms with Crippen molar-refractivity contribution in [2.75, 3.05) is 13.1 Å². The Morgan fingerprint density at radius 3 is 2.38 bits per heavy atom. The molecule has 2 aromatic carbocycles. The quantitative estimate of drug-likeness (QED) is 0.565. The normalized spacial score (nSPS) is 15.9. The number of carbonyl (C=O) groups is 1. The van der Waals surface area contributed by atoms with Gasteiger partial charge in [0.2, 0.25) is 15.9 Å². The summed E-state index contributed by atoms with van der Waals surface area (Å²) in [7, 11) is -3.47. The fraction of sp³-hybridized carbons (Fsp3) is 0.348. The van der Waals surface area contributed by atoms with Crippen LogP contribution in [-0.2, 0) is 27.8 Å². The Kier molecular flexibility index (Phi) is 6.96. The molecule has 1 aromatic heterocycles. The van der Waals surface area contributed by atoms with E-state index in [1.807, 2.05) is 30.3 Å². The molecule has 8 nitrogen and oxygen atoms in total. The van der Waals surface area contributed by atoms with Crippen LogP contribution >= 0.6 is 0 Å². The van der Waals surface area contributed by atoms with Crippen molar-refractivity contribution in [1.82, 2.24) is 24.4 Å².